The fourth-order valence-electron chi connectivity index (χ4n) is 2.95. The van der Waals surface area contributed by atoms with Crippen molar-refractivity contribution in [2.24, 2.45) is 13.0 Å². The molecule has 0 bridgehead atoms. The molecule has 0 unspecified atom stereocenters. The third-order valence-corrected chi connectivity index (χ3v) is 4.66. The first kappa shape index (κ1) is 13.1. The van der Waals surface area contributed by atoms with Crippen LogP contribution in [-0.4, -0.2) is 22.6 Å². The Labute approximate surface area is 122 Å². The van der Waals surface area contributed by atoms with Gasteiger partial charge in [0.15, 0.2) is 0 Å². The van der Waals surface area contributed by atoms with E-state index >= 15 is 0 Å². The molecule has 0 saturated carbocycles. The van der Waals surface area contributed by atoms with Crippen LogP contribution in [-0.2, 0) is 13.5 Å². The summed E-state index contributed by atoms with van der Waals surface area (Å²) >= 11 is 3.51. The van der Waals surface area contributed by atoms with Gasteiger partial charge >= 0.3 is 0 Å². The van der Waals surface area contributed by atoms with E-state index in [1.807, 2.05) is 0 Å². The second-order valence-electron chi connectivity index (χ2n) is 5.45. The van der Waals surface area contributed by atoms with Gasteiger partial charge in [-0.1, -0.05) is 15.9 Å². The third kappa shape index (κ3) is 2.84. The van der Waals surface area contributed by atoms with E-state index in [1.165, 1.54) is 43.7 Å². The number of hydrogen-bond acceptors (Lipinski definition) is 2. The highest BCUT2D eigenvalue weighted by atomic mass is 79.9. The van der Waals surface area contributed by atoms with Gasteiger partial charge in [-0.2, -0.15) is 0 Å². The van der Waals surface area contributed by atoms with Crippen molar-refractivity contribution in [2.75, 3.05) is 13.1 Å². The van der Waals surface area contributed by atoms with Crippen LogP contribution in [0.5, 0.6) is 0 Å². The molecule has 1 aromatic heterocycles. The zero-order valence-corrected chi connectivity index (χ0v) is 12.9. The number of hydrogen-bond donors (Lipinski definition) is 1. The van der Waals surface area contributed by atoms with Crippen LogP contribution >= 0.6 is 15.9 Å². The van der Waals surface area contributed by atoms with Crippen LogP contribution in [0, 0.1) is 5.92 Å². The molecular weight excluding hydrogens is 302 g/mol. The number of nitrogens with zero attached hydrogens (tertiary/aromatic N) is 2. The lowest BCUT2D eigenvalue weighted by atomic mass is 9.93. The summed E-state index contributed by atoms with van der Waals surface area (Å²) in [6.45, 7) is 2.36. The second kappa shape index (κ2) is 5.63. The average molecular weight is 322 g/mol. The number of fused-ring (bicyclic) bond motifs is 1. The topological polar surface area (TPSA) is 29.9 Å². The SMILES string of the molecule is Cn1c(CCC2CCNCC2)nc2cc(Br)ccc21. The molecule has 4 heteroatoms. The molecule has 0 aliphatic carbocycles. The molecule has 1 aliphatic rings. The van der Waals surface area contributed by atoms with Crippen LogP contribution in [0.1, 0.15) is 25.1 Å². The van der Waals surface area contributed by atoms with E-state index in [0.717, 1.165) is 22.3 Å². The van der Waals surface area contributed by atoms with Crippen LogP contribution in [0.4, 0.5) is 0 Å². The van der Waals surface area contributed by atoms with Crippen LogP contribution in [0.25, 0.3) is 11.0 Å². The van der Waals surface area contributed by atoms with Gasteiger partial charge in [0.25, 0.3) is 0 Å². The summed E-state index contributed by atoms with van der Waals surface area (Å²) in [5.41, 5.74) is 2.32. The molecule has 19 heavy (non-hydrogen) atoms. The van der Waals surface area contributed by atoms with Crippen LogP contribution in [0.15, 0.2) is 22.7 Å². The Hall–Kier alpha value is -0.870. The van der Waals surface area contributed by atoms with Crippen molar-refractivity contribution >= 4 is 27.0 Å². The van der Waals surface area contributed by atoms with Crippen molar-refractivity contribution in [1.82, 2.24) is 14.9 Å². The minimum atomic E-state index is 0.868. The predicted molar refractivity (Wildman–Crippen MR) is 82.3 cm³/mol. The van der Waals surface area contributed by atoms with Crippen molar-refractivity contribution in [3.8, 4) is 0 Å². The molecule has 102 valence electrons. The summed E-state index contributed by atoms with van der Waals surface area (Å²) in [6, 6.07) is 6.32. The van der Waals surface area contributed by atoms with Crippen LogP contribution < -0.4 is 5.32 Å². The molecule has 0 spiro atoms. The Balaban J connectivity index is 1.75. The second-order valence-corrected chi connectivity index (χ2v) is 6.37. The highest BCUT2D eigenvalue weighted by molar-refractivity contribution is 9.10. The molecule has 1 N–H and O–H groups in total. The predicted octanol–water partition coefficient (Wildman–Crippen LogP) is 3.27. The van der Waals surface area contributed by atoms with Gasteiger partial charge in [0.2, 0.25) is 0 Å². The average Bonchev–Trinajstić information content (AvgIpc) is 2.74. The van der Waals surface area contributed by atoms with E-state index in [0.29, 0.717) is 0 Å². The molecule has 1 aliphatic heterocycles. The summed E-state index contributed by atoms with van der Waals surface area (Å²) in [5.74, 6) is 2.08. The number of halogens is 1. The quantitative estimate of drug-likeness (QED) is 0.940. The molecule has 3 rings (SSSR count). The largest absolute Gasteiger partial charge is 0.331 e. The molecule has 0 radical (unpaired) electrons. The monoisotopic (exact) mass is 321 g/mol. The number of aryl methyl sites for hydroxylation is 2. The van der Waals surface area contributed by atoms with Crippen molar-refractivity contribution in [2.45, 2.75) is 25.7 Å². The first-order valence-corrected chi connectivity index (χ1v) is 7.85. The summed E-state index contributed by atoms with van der Waals surface area (Å²) in [4.78, 5) is 4.77. The minimum absolute atomic E-state index is 0.868. The first-order valence-electron chi connectivity index (χ1n) is 7.05. The molecular formula is C15H20BrN3. The number of aromatic nitrogens is 2. The number of benzene rings is 1. The number of piperidine rings is 1. The van der Waals surface area contributed by atoms with E-state index in [9.17, 15) is 0 Å². The van der Waals surface area contributed by atoms with Crippen molar-refractivity contribution in [3.05, 3.63) is 28.5 Å². The standard InChI is InChI=1S/C15H20BrN3/c1-19-14-4-3-12(16)10-13(14)18-15(19)5-2-11-6-8-17-9-7-11/h3-4,10-11,17H,2,5-9H2,1H3. The maximum absolute atomic E-state index is 4.77. The van der Waals surface area contributed by atoms with Crippen LogP contribution in [0.2, 0.25) is 0 Å². The lowest BCUT2D eigenvalue weighted by molar-refractivity contribution is 0.351. The third-order valence-electron chi connectivity index (χ3n) is 4.17. The Morgan fingerprint density at radius 2 is 2.16 bits per heavy atom. The number of nitrogens with one attached hydrogen (secondary N) is 1. The van der Waals surface area contributed by atoms with Gasteiger partial charge in [-0.25, -0.2) is 4.98 Å². The molecule has 1 fully saturated rings. The van der Waals surface area contributed by atoms with Crippen molar-refractivity contribution in [3.63, 3.8) is 0 Å². The molecule has 1 aromatic carbocycles. The van der Waals surface area contributed by atoms with Gasteiger partial charge in [-0.3, -0.25) is 0 Å². The van der Waals surface area contributed by atoms with Gasteiger partial charge in [0.05, 0.1) is 11.0 Å². The number of imidazole rings is 1. The maximum Gasteiger partial charge on any atom is 0.109 e. The van der Waals surface area contributed by atoms with Gasteiger partial charge in [-0.05, 0) is 56.5 Å². The van der Waals surface area contributed by atoms with E-state index in [1.54, 1.807) is 0 Å². The number of rotatable bonds is 3. The molecule has 3 nitrogen and oxygen atoms in total. The lowest BCUT2D eigenvalue weighted by Gasteiger charge is -2.22. The van der Waals surface area contributed by atoms with Gasteiger partial charge in [0, 0.05) is 17.9 Å². The fraction of sp³-hybridized carbons (Fsp3) is 0.533. The highest BCUT2D eigenvalue weighted by Gasteiger charge is 2.15. The maximum atomic E-state index is 4.77. The molecule has 2 aromatic rings. The van der Waals surface area contributed by atoms with E-state index < -0.39 is 0 Å². The molecule has 0 atom stereocenters. The van der Waals surface area contributed by atoms with Gasteiger partial charge in [-0.15, -0.1) is 0 Å². The highest BCUT2D eigenvalue weighted by Crippen LogP contribution is 2.23. The van der Waals surface area contributed by atoms with Crippen molar-refractivity contribution in [1.29, 1.82) is 0 Å². The smallest absolute Gasteiger partial charge is 0.109 e. The normalized spacial score (nSPS) is 17.2. The van der Waals surface area contributed by atoms with Gasteiger partial charge in [0.1, 0.15) is 5.82 Å². The summed E-state index contributed by atoms with van der Waals surface area (Å²) < 4.78 is 3.34. The van der Waals surface area contributed by atoms with Gasteiger partial charge < -0.3 is 9.88 Å². The van der Waals surface area contributed by atoms with E-state index in [-0.39, 0.29) is 0 Å². The van der Waals surface area contributed by atoms with E-state index in [4.69, 9.17) is 4.98 Å². The Morgan fingerprint density at radius 3 is 2.95 bits per heavy atom. The molecule has 1 saturated heterocycles. The zero-order chi connectivity index (χ0) is 13.2. The summed E-state index contributed by atoms with van der Waals surface area (Å²) in [5, 5.41) is 3.43. The molecule has 0 amide bonds. The van der Waals surface area contributed by atoms with Crippen molar-refractivity contribution < 1.29 is 0 Å². The lowest BCUT2D eigenvalue weighted by Crippen LogP contribution is -2.28. The molecule has 2 heterocycles. The Kier molecular flexibility index (Phi) is 3.89. The fourth-order valence-corrected chi connectivity index (χ4v) is 3.30. The zero-order valence-electron chi connectivity index (χ0n) is 11.3. The van der Waals surface area contributed by atoms with Crippen LogP contribution in [0.3, 0.4) is 0 Å². The Morgan fingerprint density at radius 1 is 1.37 bits per heavy atom. The summed E-state index contributed by atoms with van der Waals surface area (Å²) in [6.07, 6.45) is 4.98. The Bertz CT molecular complexity index is 570. The van der Waals surface area contributed by atoms with E-state index in [2.05, 4.69) is 51.1 Å². The summed E-state index contributed by atoms with van der Waals surface area (Å²) in [7, 11) is 2.13. The minimum Gasteiger partial charge on any atom is -0.331 e. The first-order chi connectivity index (χ1) is 9.24.